The topological polar surface area (TPSA) is 90.1 Å². The average molecular weight is 385 g/mol. The van der Waals surface area contributed by atoms with Crippen LogP contribution in [-0.4, -0.2) is 20.6 Å². The van der Waals surface area contributed by atoms with Crippen molar-refractivity contribution >= 4 is 33.3 Å². The SMILES string of the molecule is Cc1cc([N+](=O)[O-])nn1CC(C)C(=O)Nc1ccc(Br)cc1F. The summed E-state index contributed by atoms with van der Waals surface area (Å²) in [6, 6.07) is 5.65. The van der Waals surface area contributed by atoms with Gasteiger partial charge in [0.1, 0.15) is 5.82 Å². The third kappa shape index (κ3) is 4.13. The van der Waals surface area contributed by atoms with Crippen molar-refractivity contribution in [3.05, 3.63) is 50.4 Å². The largest absolute Gasteiger partial charge is 0.390 e. The zero-order chi connectivity index (χ0) is 17.1. The maximum Gasteiger partial charge on any atom is 0.390 e. The summed E-state index contributed by atoms with van der Waals surface area (Å²) in [5, 5.41) is 17.0. The number of carbonyl (C=O) groups excluding carboxylic acids is 1. The smallest absolute Gasteiger partial charge is 0.358 e. The average Bonchev–Trinajstić information content (AvgIpc) is 2.83. The molecular weight excluding hydrogens is 371 g/mol. The van der Waals surface area contributed by atoms with E-state index in [1.165, 1.54) is 22.9 Å². The lowest BCUT2D eigenvalue weighted by Crippen LogP contribution is -2.25. The third-order valence-electron chi connectivity index (χ3n) is 3.24. The van der Waals surface area contributed by atoms with Gasteiger partial charge in [-0.1, -0.05) is 22.9 Å². The van der Waals surface area contributed by atoms with E-state index in [1.807, 2.05) is 0 Å². The van der Waals surface area contributed by atoms with Gasteiger partial charge in [-0.05, 0) is 30.0 Å². The molecule has 0 fully saturated rings. The Morgan fingerprint density at radius 3 is 2.78 bits per heavy atom. The van der Waals surface area contributed by atoms with E-state index >= 15 is 0 Å². The molecule has 1 amide bonds. The number of amides is 1. The predicted octanol–water partition coefficient (Wildman–Crippen LogP) is 3.28. The second-order valence-electron chi connectivity index (χ2n) is 5.10. The zero-order valence-electron chi connectivity index (χ0n) is 12.4. The first kappa shape index (κ1) is 17.1. The van der Waals surface area contributed by atoms with Crippen LogP contribution < -0.4 is 5.32 Å². The van der Waals surface area contributed by atoms with Crippen molar-refractivity contribution in [3.8, 4) is 0 Å². The van der Waals surface area contributed by atoms with Gasteiger partial charge in [0.15, 0.2) is 0 Å². The Balaban J connectivity index is 2.06. The molecule has 2 rings (SSSR count). The van der Waals surface area contributed by atoms with Crippen molar-refractivity contribution in [3.63, 3.8) is 0 Å². The van der Waals surface area contributed by atoms with E-state index in [0.29, 0.717) is 10.2 Å². The summed E-state index contributed by atoms with van der Waals surface area (Å²) in [5.41, 5.74) is 0.652. The molecular formula is C14H14BrFN4O3. The Morgan fingerprint density at radius 1 is 1.52 bits per heavy atom. The normalized spacial score (nSPS) is 12.0. The van der Waals surface area contributed by atoms with E-state index in [4.69, 9.17) is 0 Å². The van der Waals surface area contributed by atoms with Crippen molar-refractivity contribution in [1.82, 2.24) is 9.78 Å². The van der Waals surface area contributed by atoms with Gasteiger partial charge in [0.25, 0.3) is 0 Å². The summed E-state index contributed by atoms with van der Waals surface area (Å²) >= 11 is 3.14. The van der Waals surface area contributed by atoms with Crippen molar-refractivity contribution < 1.29 is 14.1 Å². The Kier molecular flexibility index (Phi) is 5.09. The highest BCUT2D eigenvalue weighted by Crippen LogP contribution is 2.20. The molecule has 1 heterocycles. The molecule has 0 radical (unpaired) electrons. The van der Waals surface area contributed by atoms with E-state index < -0.39 is 22.6 Å². The number of benzene rings is 1. The fourth-order valence-corrected chi connectivity index (χ4v) is 2.29. The minimum absolute atomic E-state index is 0.0771. The lowest BCUT2D eigenvalue weighted by atomic mass is 10.1. The van der Waals surface area contributed by atoms with Crippen molar-refractivity contribution in [2.24, 2.45) is 5.92 Å². The number of nitrogens with one attached hydrogen (secondary N) is 1. The van der Waals surface area contributed by atoms with Crippen LogP contribution in [0.2, 0.25) is 0 Å². The molecule has 0 saturated heterocycles. The van der Waals surface area contributed by atoms with E-state index in [9.17, 15) is 19.3 Å². The molecule has 9 heteroatoms. The number of halogens is 2. The van der Waals surface area contributed by atoms with Crippen LogP contribution in [0.15, 0.2) is 28.7 Å². The van der Waals surface area contributed by atoms with Crippen LogP contribution in [-0.2, 0) is 11.3 Å². The Bertz CT molecular complexity index is 762. The first-order valence-corrected chi connectivity index (χ1v) is 7.52. The third-order valence-corrected chi connectivity index (χ3v) is 3.73. The number of aromatic nitrogens is 2. The Hall–Kier alpha value is -2.29. The molecule has 0 bridgehead atoms. The first-order valence-electron chi connectivity index (χ1n) is 6.72. The van der Waals surface area contributed by atoms with Gasteiger partial charge in [-0.25, -0.2) is 4.39 Å². The molecule has 0 aliphatic carbocycles. The second kappa shape index (κ2) is 6.86. The maximum atomic E-state index is 13.7. The van der Waals surface area contributed by atoms with E-state index in [2.05, 4.69) is 26.3 Å². The molecule has 2 aromatic rings. The Labute approximate surface area is 139 Å². The van der Waals surface area contributed by atoms with Crippen LogP contribution in [0.25, 0.3) is 0 Å². The lowest BCUT2D eigenvalue weighted by Gasteiger charge is -2.12. The monoisotopic (exact) mass is 384 g/mol. The summed E-state index contributed by atoms with van der Waals surface area (Å²) in [4.78, 5) is 22.2. The van der Waals surface area contributed by atoms with E-state index in [1.54, 1.807) is 19.9 Å². The van der Waals surface area contributed by atoms with Crippen molar-refractivity contribution in [1.29, 1.82) is 0 Å². The van der Waals surface area contributed by atoms with E-state index in [-0.39, 0.29) is 18.1 Å². The summed E-state index contributed by atoms with van der Waals surface area (Å²) in [5.74, 6) is -1.76. The van der Waals surface area contributed by atoms with Crippen LogP contribution in [0.3, 0.4) is 0 Å². The molecule has 1 N–H and O–H groups in total. The molecule has 1 aromatic heterocycles. The highest BCUT2D eigenvalue weighted by molar-refractivity contribution is 9.10. The van der Waals surface area contributed by atoms with Gasteiger partial charge >= 0.3 is 5.82 Å². The molecule has 7 nitrogen and oxygen atoms in total. The number of nitro groups is 1. The van der Waals surface area contributed by atoms with Crippen LogP contribution in [0.1, 0.15) is 12.6 Å². The molecule has 23 heavy (non-hydrogen) atoms. The Morgan fingerprint density at radius 2 is 2.22 bits per heavy atom. The van der Waals surface area contributed by atoms with Crippen LogP contribution in [0.5, 0.6) is 0 Å². The van der Waals surface area contributed by atoms with Crippen LogP contribution >= 0.6 is 15.9 Å². The zero-order valence-corrected chi connectivity index (χ0v) is 14.0. The van der Waals surface area contributed by atoms with Gasteiger partial charge in [-0.2, -0.15) is 4.68 Å². The summed E-state index contributed by atoms with van der Waals surface area (Å²) in [7, 11) is 0. The molecule has 0 aliphatic heterocycles. The van der Waals surface area contributed by atoms with Crippen LogP contribution in [0, 0.1) is 28.8 Å². The van der Waals surface area contributed by atoms with Gasteiger partial charge in [0, 0.05) is 4.47 Å². The maximum absolute atomic E-state index is 13.7. The highest BCUT2D eigenvalue weighted by Gasteiger charge is 2.21. The molecule has 0 aliphatic rings. The van der Waals surface area contributed by atoms with E-state index in [0.717, 1.165) is 0 Å². The predicted molar refractivity (Wildman–Crippen MR) is 85.5 cm³/mol. The van der Waals surface area contributed by atoms with Crippen molar-refractivity contribution in [2.45, 2.75) is 20.4 Å². The van der Waals surface area contributed by atoms with Crippen molar-refractivity contribution in [2.75, 3.05) is 5.32 Å². The molecule has 1 aromatic carbocycles. The number of anilines is 1. The fourth-order valence-electron chi connectivity index (χ4n) is 1.96. The standard InChI is InChI=1S/C14H14BrFN4O3/c1-8(7-19-9(2)5-13(18-19)20(22)23)14(21)17-12-4-3-10(15)6-11(12)16/h3-6,8H,7H2,1-2H3,(H,17,21). The molecule has 0 spiro atoms. The van der Waals surface area contributed by atoms with Gasteiger partial charge < -0.3 is 15.4 Å². The molecule has 122 valence electrons. The highest BCUT2D eigenvalue weighted by atomic mass is 79.9. The fraction of sp³-hybridized carbons (Fsp3) is 0.286. The molecule has 0 saturated carbocycles. The van der Waals surface area contributed by atoms with Gasteiger partial charge in [-0.3, -0.25) is 4.79 Å². The minimum atomic E-state index is -0.592. The number of aryl methyl sites for hydroxylation is 1. The minimum Gasteiger partial charge on any atom is -0.358 e. The van der Waals surface area contributed by atoms with Gasteiger partial charge in [0.05, 0.1) is 35.0 Å². The summed E-state index contributed by atoms with van der Waals surface area (Å²) in [6.45, 7) is 3.46. The van der Waals surface area contributed by atoms with Gasteiger partial charge in [0.2, 0.25) is 5.91 Å². The number of rotatable bonds is 5. The number of hydrogen-bond acceptors (Lipinski definition) is 4. The summed E-state index contributed by atoms with van der Waals surface area (Å²) in [6.07, 6.45) is 0. The number of hydrogen-bond donors (Lipinski definition) is 1. The molecule has 1 atom stereocenters. The quantitative estimate of drug-likeness (QED) is 0.632. The number of carbonyl (C=O) groups is 1. The van der Waals surface area contributed by atoms with Crippen LogP contribution in [0.4, 0.5) is 15.9 Å². The number of nitrogens with zero attached hydrogens (tertiary/aromatic N) is 3. The first-order chi connectivity index (χ1) is 10.8. The molecule has 1 unspecified atom stereocenters. The lowest BCUT2D eigenvalue weighted by molar-refractivity contribution is -0.389. The van der Waals surface area contributed by atoms with Gasteiger partial charge in [-0.15, -0.1) is 0 Å². The summed E-state index contributed by atoms with van der Waals surface area (Å²) < 4.78 is 15.7. The second-order valence-corrected chi connectivity index (χ2v) is 6.01.